The first-order valence-electron chi connectivity index (χ1n) is 9.00. The zero-order valence-corrected chi connectivity index (χ0v) is 17.1. The van der Waals surface area contributed by atoms with E-state index in [1.54, 1.807) is 26.8 Å². The summed E-state index contributed by atoms with van der Waals surface area (Å²) in [5.74, 6) is -1.04. The third kappa shape index (κ3) is 2.89. The molecule has 2 aromatic carbocycles. The first kappa shape index (κ1) is 19.7. The van der Waals surface area contributed by atoms with E-state index in [1.807, 2.05) is 27.7 Å². The normalized spacial score (nSPS) is 11.1. The van der Waals surface area contributed by atoms with Crippen molar-refractivity contribution in [1.29, 1.82) is 0 Å². The van der Waals surface area contributed by atoms with Gasteiger partial charge >= 0.3 is 5.97 Å². The Morgan fingerprint density at radius 2 is 1.54 bits per heavy atom. The number of hydrogen-bond donors (Lipinski definition) is 1. The SMILES string of the molecule is Cc1cc(C)c(F)c(-c2nc(-c3c(C)c(C)c(C)c(C(=O)O)c3C)no2)c1C. The number of aromatic nitrogens is 2. The Hall–Kier alpha value is -3.02. The largest absolute Gasteiger partial charge is 0.478 e. The smallest absolute Gasteiger partial charge is 0.336 e. The van der Waals surface area contributed by atoms with E-state index >= 15 is 0 Å². The van der Waals surface area contributed by atoms with E-state index in [4.69, 9.17) is 4.52 Å². The maximum Gasteiger partial charge on any atom is 0.336 e. The quantitative estimate of drug-likeness (QED) is 0.656. The van der Waals surface area contributed by atoms with Gasteiger partial charge in [-0.2, -0.15) is 4.98 Å². The molecule has 6 heteroatoms. The number of nitrogens with zero attached hydrogens (tertiary/aromatic N) is 2. The van der Waals surface area contributed by atoms with Gasteiger partial charge in [0.05, 0.1) is 11.1 Å². The van der Waals surface area contributed by atoms with E-state index in [2.05, 4.69) is 10.1 Å². The monoisotopic (exact) mass is 382 g/mol. The standard InChI is InChI=1S/C22H23FN2O3/c1-9-8-10(2)19(23)18(11(9)3)21-24-20(25-28-21)16-13(5)12(4)14(6)17(15(16)7)22(26)27/h8H,1-7H3,(H,26,27). The van der Waals surface area contributed by atoms with E-state index in [9.17, 15) is 14.3 Å². The molecule has 0 amide bonds. The summed E-state index contributed by atoms with van der Waals surface area (Å²) in [5.41, 5.74) is 6.32. The van der Waals surface area contributed by atoms with Crippen LogP contribution in [0.1, 0.15) is 49.3 Å². The number of aromatic carboxylic acids is 1. The molecule has 0 aliphatic carbocycles. The number of aryl methyl sites for hydroxylation is 2. The maximum atomic E-state index is 14.8. The molecule has 146 valence electrons. The molecule has 3 aromatic rings. The summed E-state index contributed by atoms with van der Waals surface area (Å²) in [6.07, 6.45) is 0. The van der Waals surface area contributed by atoms with Crippen LogP contribution in [0.4, 0.5) is 4.39 Å². The van der Waals surface area contributed by atoms with Crippen molar-refractivity contribution in [3.05, 3.63) is 56.4 Å². The second-order valence-corrected chi connectivity index (χ2v) is 7.30. The number of halogens is 1. The minimum absolute atomic E-state index is 0.0886. The fraction of sp³-hybridized carbons (Fsp3) is 0.318. The first-order valence-corrected chi connectivity index (χ1v) is 9.00. The molecule has 0 atom stereocenters. The van der Waals surface area contributed by atoms with E-state index < -0.39 is 11.8 Å². The zero-order chi connectivity index (χ0) is 20.9. The molecule has 28 heavy (non-hydrogen) atoms. The molecule has 1 aromatic heterocycles. The molecular weight excluding hydrogens is 359 g/mol. The molecule has 3 rings (SSSR count). The summed E-state index contributed by atoms with van der Waals surface area (Å²) < 4.78 is 20.2. The van der Waals surface area contributed by atoms with Gasteiger partial charge in [0.2, 0.25) is 5.82 Å². The molecule has 5 nitrogen and oxygen atoms in total. The van der Waals surface area contributed by atoms with Gasteiger partial charge in [-0.15, -0.1) is 0 Å². The van der Waals surface area contributed by atoms with Crippen LogP contribution >= 0.6 is 0 Å². The summed E-state index contributed by atoms with van der Waals surface area (Å²) in [5, 5.41) is 13.7. The molecular formula is C22H23FN2O3. The lowest BCUT2D eigenvalue weighted by Crippen LogP contribution is -2.09. The van der Waals surface area contributed by atoms with Gasteiger partial charge in [-0.3, -0.25) is 0 Å². The summed E-state index contributed by atoms with van der Waals surface area (Å²) >= 11 is 0. The molecule has 0 radical (unpaired) electrons. The van der Waals surface area contributed by atoms with Crippen LogP contribution in [0.2, 0.25) is 0 Å². The highest BCUT2D eigenvalue weighted by molar-refractivity contribution is 5.94. The van der Waals surface area contributed by atoms with Crippen molar-refractivity contribution in [2.24, 2.45) is 0 Å². The van der Waals surface area contributed by atoms with Gasteiger partial charge in [0.1, 0.15) is 5.82 Å². The van der Waals surface area contributed by atoms with Gasteiger partial charge in [0.15, 0.2) is 0 Å². The van der Waals surface area contributed by atoms with Crippen molar-refractivity contribution in [1.82, 2.24) is 10.1 Å². The number of hydrogen-bond acceptors (Lipinski definition) is 4. The van der Waals surface area contributed by atoms with Crippen molar-refractivity contribution in [3.63, 3.8) is 0 Å². The molecule has 0 bridgehead atoms. The number of carboxylic acid groups (broad SMARTS) is 1. The Kier molecular flexibility index (Phi) is 4.83. The van der Waals surface area contributed by atoms with Crippen LogP contribution in [-0.2, 0) is 0 Å². The van der Waals surface area contributed by atoms with Crippen LogP contribution in [0.15, 0.2) is 10.6 Å². The molecule has 0 saturated carbocycles. The summed E-state index contributed by atoms with van der Waals surface area (Å²) in [6.45, 7) is 12.7. The van der Waals surface area contributed by atoms with E-state index in [-0.39, 0.29) is 22.8 Å². The fourth-order valence-electron chi connectivity index (χ4n) is 3.74. The minimum Gasteiger partial charge on any atom is -0.478 e. The zero-order valence-electron chi connectivity index (χ0n) is 17.1. The highest BCUT2D eigenvalue weighted by Gasteiger charge is 2.25. The predicted molar refractivity (Wildman–Crippen MR) is 105 cm³/mol. The summed E-state index contributed by atoms with van der Waals surface area (Å²) in [6, 6.07) is 1.78. The Bertz CT molecular complexity index is 1100. The molecule has 0 aliphatic rings. The molecule has 0 spiro atoms. The highest BCUT2D eigenvalue weighted by Crippen LogP contribution is 2.35. The van der Waals surface area contributed by atoms with Crippen LogP contribution in [0.3, 0.4) is 0 Å². The Morgan fingerprint density at radius 1 is 0.893 bits per heavy atom. The Labute approximate surface area is 163 Å². The molecule has 1 N–H and O–H groups in total. The molecule has 0 saturated heterocycles. The summed E-state index contributed by atoms with van der Waals surface area (Å²) in [7, 11) is 0. The third-order valence-corrected chi connectivity index (χ3v) is 5.67. The minimum atomic E-state index is -1.00. The van der Waals surface area contributed by atoms with Crippen molar-refractivity contribution < 1.29 is 18.8 Å². The van der Waals surface area contributed by atoms with Crippen molar-refractivity contribution in [2.45, 2.75) is 48.5 Å². The number of benzene rings is 2. The predicted octanol–water partition coefficient (Wildman–Crippen LogP) is 5.40. The van der Waals surface area contributed by atoms with Crippen LogP contribution < -0.4 is 0 Å². The van der Waals surface area contributed by atoms with Crippen LogP contribution in [0.5, 0.6) is 0 Å². The van der Waals surface area contributed by atoms with Gasteiger partial charge in [-0.25, -0.2) is 9.18 Å². The van der Waals surface area contributed by atoms with E-state index in [1.165, 1.54) is 0 Å². The van der Waals surface area contributed by atoms with Gasteiger partial charge in [-0.05, 0) is 87.4 Å². The lowest BCUT2D eigenvalue weighted by molar-refractivity contribution is 0.0695. The maximum absolute atomic E-state index is 14.8. The average molecular weight is 382 g/mol. The van der Waals surface area contributed by atoms with E-state index in [0.717, 1.165) is 22.3 Å². The van der Waals surface area contributed by atoms with Crippen molar-refractivity contribution in [3.8, 4) is 22.8 Å². The third-order valence-electron chi connectivity index (χ3n) is 5.67. The number of carboxylic acids is 1. The van der Waals surface area contributed by atoms with Gasteiger partial charge < -0.3 is 9.63 Å². The van der Waals surface area contributed by atoms with Crippen LogP contribution in [-0.4, -0.2) is 21.2 Å². The van der Waals surface area contributed by atoms with Crippen LogP contribution in [0.25, 0.3) is 22.8 Å². The fourth-order valence-corrected chi connectivity index (χ4v) is 3.74. The summed E-state index contributed by atoms with van der Waals surface area (Å²) in [4.78, 5) is 16.2. The molecule has 0 aliphatic heterocycles. The number of rotatable bonds is 3. The van der Waals surface area contributed by atoms with E-state index in [0.29, 0.717) is 22.3 Å². The lowest BCUT2D eigenvalue weighted by Gasteiger charge is -2.16. The van der Waals surface area contributed by atoms with Gasteiger partial charge in [0, 0.05) is 5.56 Å². The lowest BCUT2D eigenvalue weighted by atomic mass is 9.88. The average Bonchev–Trinajstić information content (AvgIpc) is 3.07. The van der Waals surface area contributed by atoms with Crippen molar-refractivity contribution >= 4 is 5.97 Å². The van der Waals surface area contributed by atoms with Gasteiger partial charge in [0.25, 0.3) is 5.89 Å². The Balaban J connectivity index is 2.27. The Morgan fingerprint density at radius 3 is 2.14 bits per heavy atom. The second kappa shape index (κ2) is 6.86. The topological polar surface area (TPSA) is 76.2 Å². The highest BCUT2D eigenvalue weighted by atomic mass is 19.1. The molecule has 0 fully saturated rings. The molecule has 1 heterocycles. The van der Waals surface area contributed by atoms with Crippen LogP contribution in [0, 0.1) is 54.3 Å². The van der Waals surface area contributed by atoms with Crippen molar-refractivity contribution in [2.75, 3.05) is 0 Å². The van der Waals surface area contributed by atoms with Gasteiger partial charge in [-0.1, -0.05) is 11.2 Å². The first-order chi connectivity index (χ1) is 13.1. The second-order valence-electron chi connectivity index (χ2n) is 7.30. The number of carbonyl (C=O) groups is 1. The molecule has 0 unspecified atom stereocenters.